The number of hydrogen-bond donors (Lipinski definition) is 0. The van der Waals surface area contributed by atoms with Gasteiger partial charge in [0.15, 0.2) is 5.78 Å². The van der Waals surface area contributed by atoms with Crippen LogP contribution in [0.15, 0.2) is 48.5 Å². The highest BCUT2D eigenvalue weighted by Gasteiger charge is 2.20. The van der Waals surface area contributed by atoms with E-state index in [0.717, 1.165) is 16.7 Å². The second-order valence-corrected chi connectivity index (χ2v) is 5.10. The van der Waals surface area contributed by atoms with Crippen LogP contribution in [0.4, 0.5) is 0 Å². The zero-order chi connectivity index (χ0) is 14.5. The van der Waals surface area contributed by atoms with Crippen molar-refractivity contribution in [2.75, 3.05) is 7.11 Å². The standard InChI is InChI=1S/C18H20O2/c1-13-9-10-14(2)16(11-13)12-17(19)18(20-3)15-7-5-4-6-8-15/h4-11,18H,12H2,1-3H3. The van der Waals surface area contributed by atoms with E-state index in [9.17, 15) is 4.79 Å². The number of aryl methyl sites for hydroxylation is 2. The van der Waals surface area contributed by atoms with E-state index in [2.05, 4.69) is 18.2 Å². The third-order valence-corrected chi connectivity index (χ3v) is 3.50. The Kier molecular flexibility index (Phi) is 4.70. The van der Waals surface area contributed by atoms with Crippen LogP contribution in [0.2, 0.25) is 0 Å². The first-order valence-corrected chi connectivity index (χ1v) is 6.78. The summed E-state index contributed by atoms with van der Waals surface area (Å²) < 4.78 is 5.39. The van der Waals surface area contributed by atoms with E-state index < -0.39 is 6.10 Å². The van der Waals surface area contributed by atoms with E-state index >= 15 is 0 Å². The average molecular weight is 268 g/mol. The number of methoxy groups -OCH3 is 1. The van der Waals surface area contributed by atoms with Gasteiger partial charge in [-0.25, -0.2) is 0 Å². The molecule has 0 aromatic heterocycles. The molecule has 1 atom stereocenters. The molecule has 1 unspecified atom stereocenters. The maximum Gasteiger partial charge on any atom is 0.170 e. The summed E-state index contributed by atoms with van der Waals surface area (Å²) >= 11 is 0. The Morgan fingerprint density at radius 3 is 2.45 bits per heavy atom. The third kappa shape index (κ3) is 3.34. The summed E-state index contributed by atoms with van der Waals surface area (Å²) in [6.07, 6.45) is -0.0860. The lowest BCUT2D eigenvalue weighted by molar-refractivity contribution is -0.128. The molecule has 0 aliphatic carbocycles. The zero-order valence-electron chi connectivity index (χ0n) is 12.2. The number of carbonyl (C=O) groups is 1. The van der Waals surface area contributed by atoms with Crippen molar-refractivity contribution in [1.29, 1.82) is 0 Å². The largest absolute Gasteiger partial charge is 0.369 e. The first-order valence-electron chi connectivity index (χ1n) is 6.78. The van der Waals surface area contributed by atoms with Gasteiger partial charge < -0.3 is 4.74 Å². The molecule has 0 saturated carbocycles. The van der Waals surface area contributed by atoms with E-state index in [0.29, 0.717) is 6.42 Å². The minimum absolute atomic E-state index is 0.0902. The minimum Gasteiger partial charge on any atom is -0.369 e. The van der Waals surface area contributed by atoms with Gasteiger partial charge in [-0.15, -0.1) is 0 Å². The smallest absolute Gasteiger partial charge is 0.170 e. The van der Waals surface area contributed by atoms with Gasteiger partial charge in [-0.3, -0.25) is 4.79 Å². The number of ether oxygens (including phenoxy) is 1. The van der Waals surface area contributed by atoms with Crippen molar-refractivity contribution < 1.29 is 9.53 Å². The molecule has 104 valence electrons. The number of Topliss-reactive ketones (excluding diaryl/α,β-unsaturated/α-hetero) is 1. The highest BCUT2D eigenvalue weighted by Crippen LogP contribution is 2.21. The molecule has 20 heavy (non-hydrogen) atoms. The van der Waals surface area contributed by atoms with E-state index in [1.165, 1.54) is 5.56 Å². The van der Waals surface area contributed by atoms with Crippen LogP contribution in [-0.2, 0) is 16.0 Å². The molecule has 0 bridgehead atoms. The van der Waals surface area contributed by atoms with Crippen LogP contribution in [0.5, 0.6) is 0 Å². The lowest BCUT2D eigenvalue weighted by atomic mass is 9.96. The molecule has 0 amide bonds. The molecule has 2 aromatic rings. The van der Waals surface area contributed by atoms with Crippen LogP contribution >= 0.6 is 0 Å². The summed E-state index contributed by atoms with van der Waals surface area (Å²) in [5, 5.41) is 0. The number of benzene rings is 2. The normalized spacial score (nSPS) is 12.2. The van der Waals surface area contributed by atoms with E-state index in [1.807, 2.05) is 44.2 Å². The summed E-state index contributed by atoms with van der Waals surface area (Å²) in [4.78, 5) is 12.5. The fourth-order valence-electron chi connectivity index (χ4n) is 2.35. The van der Waals surface area contributed by atoms with E-state index in [4.69, 9.17) is 4.74 Å². The summed E-state index contributed by atoms with van der Waals surface area (Å²) in [5.74, 6) is 0.0902. The monoisotopic (exact) mass is 268 g/mol. The molecule has 0 N–H and O–H groups in total. The van der Waals surface area contributed by atoms with Crippen LogP contribution in [-0.4, -0.2) is 12.9 Å². The van der Waals surface area contributed by atoms with Crippen LogP contribution in [0.1, 0.15) is 28.4 Å². The Morgan fingerprint density at radius 1 is 1.10 bits per heavy atom. The first-order chi connectivity index (χ1) is 9.61. The lowest BCUT2D eigenvalue weighted by Crippen LogP contribution is -2.17. The van der Waals surface area contributed by atoms with Gasteiger partial charge in [0, 0.05) is 13.5 Å². The van der Waals surface area contributed by atoms with Gasteiger partial charge in [-0.05, 0) is 30.5 Å². The molecule has 0 spiro atoms. The van der Waals surface area contributed by atoms with Crippen molar-refractivity contribution in [3.05, 3.63) is 70.8 Å². The van der Waals surface area contributed by atoms with E-state index in [-0.39, 0.29) is 5.78 Å². The lowest BCUT2D eigenvalue weighted by Gasteiger charge is -2.15. The van der Waals surface area contributed by atoms with Crippen molar-refractivity contribution in [1.82, 2.24) is 0 Å². The van der Waals surface area contributed by atoms with Crippen molar-refractivity contribution >= 4 is 5.78 Å². The van der Waals surface area contributed by atoms with Gasteiger partial charge in [0.1, 0.15) is 6.10 Å². The van der Waals surface area contributed by atoms with Crippen LogP contribution < -0.4 is 0 Å². The van der Waals surface area contributed by atoms with Crippen molar-refractivity contribution in [3.8, 4) is 0 Å². The molecule has 0 aliphatic rings. The van der Waals surface area contributed by atoms with Crippen molar-refractivity contribution in [2.24, 2.45) is 0 Å². The number of ketones is 1. The fourth-order valence-corrected chi connectivity index (χ4v) is 2.35. The van der Waals surface area contributed by atoms with Gasteiger partial charge in [0.05, 0.1) is 0 Å². The predicted molar refractivity (Wildman–Crippen MR) is 80.8 cm³/mol. The summed E-state index contributed by atoms with van der Waals surface area (Å²) in [7, 11) is 1.58. The van der Waals surface area contributed by atoms with E-state index in [1.54, 1.807) is 7.11 Å². The highest BCUT2D eigenvalue weighted by atomic mass is 16.5. The topological polar surface area (TPSA) is 26.3 Å². The fraction of sp³-hybridized carbons (Fsp3) is 0.278. The molecule has 0 aliphatic heterocycles. The first kappa shape index (κ1) is 14.5. The van der Waals surface area contributed by atoms with Crippen LogP contribution in [0, 0.1) is 13.8 Å². The molecular formula is C18H20O2. The molecule has 0 saturated heterocycles. The number of hydrogen-bond acceptors (Lipinski definition) is 2. The second kappa shape index (κ2) is 6.49. The van der Waals surface area contributed by atoms with Gasteiger partial charge in [0.2, 0.25) is 0 Å². The molecule has 2 nitrogen and oxygen atoms in total. The maximum atomic E-state index is 12.5. The Labute approximate surface area is 120 Å². The molecule has 2 heteroatoms. The summed E-state index contributed by atoms with van der Waals surface area (Å²) in [6.45, 7) is 4.07. The van der Waals surface area contributed by atoms with Gasteiger partial charge in [-0.1, -0.05) is 54.1 Å². The Balaban J connectivity index is 2.20. The van der Waals surface area contributed by atoms with Crippen molar-refractivity contribution in [2.45, 2.75) is 26.4 Å². The van der Waals surface area contributed by atoms with Gasteiger partial charge in [0.25, 0.3) is 0 Å². The average Bonchev–Trinajstić information content (AvgIpc) is 2.45. The molecular weight excluding hydrogens is 248 g/mol. The molecule has 0 fully saturated rings. The van der Waals surface area contributed by atoms with Gasteiger partial charge >= 0.3 is 0 Å². The predicted octanol–water partition coefficient (Wildman–Crippen LogP) is 3.80. The SMILES string of the molecule is COC(C(=O)Cc1cc(C)ccc1C)c1ccccc1. The Hall–Kier alpha value is -1.93. The van der Waals surface area contributed by atoms with Crippen LogP contribution in [0.25, 0.3) is 0 Å². The Bertz CT molecular complexity index is 588. The zero-order valence-corrected chi connectivity index (χ0v) is 12.2. The third-order valence-electron chi connectivity index (χ3n) is 3.50. The highest BCUT2D eigenvalue weighted by molar-refractivity contribution is 5.86. The maximum absolute atomic E-state index is 12.5. The summed E-state index contributed by atoms with van der Waals surface area (Å²) in [6, 6.07) is 15.8. The van der Waals surface area contributed by atoms with Gasteiger partial charge in [-0.2, -0.15) is 0 Å². The van der Waals surface area contributed by atoms with Crippen LogP contribution in [0.3, 0.4) is 0 Å². The summed E-state index contributed by atoms with van der Waals surface area (Å²) in [5.41, 5.74) is 4.30. The minimum atomic E-state index is -0.490. The molecule has 0 radical (unpaired) electrons. The number of rotatable bonds is 5. The molecule has 0 heterocycles. The second-order valence-electron chi connectivity index (χ2n) is 5.10. The van der Waals surface area contributed by atoms with Crippen molar-refractivity contribution in [3.63, 3.8) is 0 Å². The number of carbonyl (C=O) groups excluding carboxylic acids is 1. The molecule has 2 rings (SSSR count). The Morgan fingerprint density at radius 2 is 1.80 bits per heavy atom. The molecule has 2 aromatic carbocycles. The quantitative estimate of drug-likeness (QED) is 0.824.